The predicted octanol–water partition coefficient (Wildman–Crippen LogP) is 5.37. The lowest BCUT2D eigenvalue weighted by Crippen LogP contribution is -2.21. The van der Waals surface area contributed by atoms with Gasteiger partial charge >= 0.3 is 0 Å². The summed E-state index contributed by atoms with van der Waals surface area (Å²) in [5.74, 6) is 0. The highest BCUT2D eigenvalue weighted by Crippen LogP contribution is 2.31. The predicted molar refractivity (Wildman–Crippen MR) is 94.4 cm³/mol. The summed E-state index contributed by atoms with van der Waals surface area (Å²) in [6, 6.07) is 17.4. The highest BCUT2D eigenvalue weighted by atomic mass is 14.6. The Hall–Kier alpha value is -2.15. The molecule has 0 unspecified atom stereocenters. The van der Waals surface area contributed by atoms with Gasteiger partial charge in [-0.05, 0) is 48.9 Å². The van der Waals surface area contributed by atoms with Crippen LogP contribution < -0.4 is 0 Å². The lowest BCUT2D eigenvalue weighted by Gasteiger charge is -2.27. The summed E-state index contributed by atoms with van der Waals surface area (Å²) in [5, 5.41) is 1.27. The lowest BCUT2D eigenvalue weighted by molar-refractivity contribution is 0.523. The van der Waals surface area contributed by atoms with Gasteiger partial charge in [-0.3, -0.25) is 4.98 Å². The van der Waals surface area contributed by atoms with E-state index in [-0.39, 0.29) is 5.41 Å². The Bertz CT molecular complexity index is 790. The van der Waals surface area contributed by atoms with Crippen LogP contribution in [0.2, 0.25) is 0 Å². The molecule has 0 saturated heterocycles. The first-order valence-corrected chi connectivity index (χ1v) is 7.87. The van der Waals surface area contributed by atoms with Crippen molar-refractivity contribution in [1.29, 1.82) is 0 Å². The fourth-order valence-electron chi connectivity index (χ4n) is 3.25. The van der Waals surface area contributed by atoms with Crippen molar-refractivity contribution in [3.05, 3.63) is 77.0 Å². The molecule has 0 N–H and O–H groups in total. The molecule has 112 valence electrons. The molecule has 3 aromatic rings. The zero-order valence-corrected chi connectivity index (χ0v) is 13.9. The van der Waals surface area contributed by atoms with Gasteiger partial charge in [0.15, 0.2) is 0 Å². The van der Waals surface area contributed by atoms with Crippen molar-refractivity contribution in [2.75, 3.05) is 0 Å². The summed E-state index contributed by atoms with van der Waals surface area (Å²) in [6.07, 6.45) is 2.94. The summed E-state index contributed by atoms with van der Waals surface area (Å²) in [4.78, 5) is 4.47. The minimum Gasteiger partial charge on any atom is -0.256 e. The molecule has 0 saturated carbocycles. The fraction of sp³-hybridized carbons (Fsp3) is 0.286. The molecular formula is C21H23N. The SMILES string of the molecule is Cc1cc(C)cc(C(C)(C)Cc2ccnc3ccccc23)c1. The van der Waals surface area contributed by atoms with Gasteiger partial charge in [-0.2, -0.15) is 0 Å². The summed E-state index contributed by atoms with van der Waals surface area (Å²) < 4.78 is 0. The van der Waals surface area contributed by atoms with Crippen molar-refractivity contribution >= 4 is 10.9 Å². The second kappa shape index (κ2) is 5.57. The first kappa shape index (κ1) is 14.8. The third kappa shape index (κ3) is 2.89. The molecule has 0 spiro atoms. The van der Waals surface area contributed by atoms with E-state index in [0.717, 1.165) is 11.9 Å². The van der Waals surface area contributed by atoms with Crippen LogP contribution in [0.3, 0.4) is 0 Å². The van der Waals surface area contributed by atoms with Gasteiger partial charge in [0.05, 0.1) is 5.52 Å². The van der Waals surface area contributed by atoms with Crippen molar-refractivity contribution in [2.24, 2.45) is 0 Å². The Balaban J connectivity index is 2.02. The number of aryl methyl sites for hydroxylation is 2. The number of para-hydroxylation sites is 1. The van der Waals surface area contributed by atoms with E-state index in [0.29, 0.717) is 0 Å². The van der Waals surface area contributed by atoms with Crippen LogP contribution in [0, 0.1) is 13.8 Å². The van der Waals surface area contributed by atoms with Crippen LogP contribution in [0.15, 0.2) is 54.7 Å². The van der Waals surface area contributed by atoms with Crippen LogP contribution in [0.25, 0.3) is 10.9 Å². The van der Waals surface area contributed by atoms with E-state index in [1.54, 1.807) is 0 Å². The molecule has 0 atom stereocenters. The Kier molecular flexibility index (Phi) is 3.74. The van der Waals surface area contributed by atoms with Gasteiger partial charge < -0.3 is 0 Å². The van der Waals surface area contributed by atoms with Crippen LogP contribution in [0.1, 0.15) is 36.1 Å². The topological polar surface area (TPSA) is 12.9 Å². The average molecular weight is 289 g/mol. The summed E-state index contributed by atoms with van der Waals surface area (Å²) in [6.45, 7) is 9.01. The third-order valence-corrected chi connectivity index (χ3v) is 4.37. The van der Waals surface area contributed by atoms with E-state index >= 15 is 0 Å². The van der Waals surface area contributed by atoms with Gasteiger partial charge in [-0.25, -0.2) is 0 Å². The van der Waals surface area contributed by atoms with E-state index in [2.05, 4.69) is 75.1 Å². The van der Waals surface area contributed by atoms with E-state index in [1.807, 2.05) is 12.3 Å². The van der Waals surface area contributed by atoms with Crippen LogP contribution in [0.4, 0.5) is 0 Å². The molecule has 0 radical (unpaired) electrons. The molecule has 3 rings (SSSR count). The Morgan fingerprint density at radius 2 is 1.59 bits per heavy atom. The van der Waals surface area contributed by atoms with Crippen molar-refractivity contribution in [1.82, 2.24) is 4.98 Å². The molecule has 2 aromatic carbocycles. The number of hydrogen-bond donors (Lipinski definition) is 0. The quantitative estimate of drug-likeness (QED) is 0.631. The van der Waals surface area contributed by atoms with Crippen LogP contribution in [-0.2, 0) is 11.8 Å². The van der Waals surface area contributed by atoms with Crippen LogP contribution in [-0.4, -0.2) is 4.98 Å². The first-order valence-electron chi connectivity index (χ1n) is 7.87. The minimum atomic E-state index is 0.0981. The van der Waals surface area contributed by atoms with Gasteiger partial charge in [0.1, 0.15) is 0 Å². The van der Waals surface area contributed by atoms with Gasteiger partial charge in [0.25, 0.3) is 0 Å². The van der Waals surface area contributed by atoms with Gasteiger partial charge in [0.2, 0.25) is 0 Å². The number of hydrogen-bond acceptors (Lipinski definition) is 1. The van der Waals surface area contributed by atoms with Crippen molar-refractivity contribution in [2.45, 2.75) is 39.5 Å². The van der Waals surface area contributed by atoms with Crippen molar-refractivity contribution in [3.8, 4) is 0 Å². The molecule has 0 bridgehead atoms. The molecule has 0 fully saturated rings. The normalized spacial score (nSPS) is 11.8. The molecule has 0 aliphatic carbocycles. The molecule has 1 heteroatoms. The van der Waals surface area contributed by atoms with E-state index in [1.165, 1.54) is 27.6 Å². The van der Waals surface area contributed by atoms with Crippen molar-refractivity contribution < 1.29 is 0 Å². The number of aromatic nitrogens is 1. The van der Waals surface area contributed by atoms with Crippen molar-refractivity contribution in [3.63, 3.8) is 0 Å². The zero-order valence-electron chi connectivity index (χ0n) is 13.9. The Morgan fingerprint density at radius 1 is 0.909 bits per heavy atom. The number of benzene rings is 2. The summed E-state index contributed by atoms with van der Waals surface area (Å²) in [5.41, 5.74) is 6.63. The van der Waals surface area contributed by atoms with Gasteiger partial charge in [0, 0.05) is 11.6 Å². The second-order valence-electron chi connectivity index (χ2n) is 6.92. The molecule has 1 heterocycles. The fourth-order valence-corrected chi connectivity index (χ4v) is 3.25. The largest absolute Gasteiger partial charge is 0.256 e. The number of rotatable bonds is 3. The lowest BCUT2D eigenvalue weighted by atomic mass is 9.77. The van der Waals surface area contributed by atoms with Crippen LogP contribution >= 0.6 is 0 Å². The molecule has 1 nitrogen and oxygen atoms in total. The molecule has 22 heavy (non-hydrogen) atoms. The summed E-state index contributed by atoms with van der Waals surface area (Å²) in [7, 11) is 0. The maximum atomic E-state index is 4.47. The Morgan fingerprint density at radius 3 is 2.32 bits per heavy atom. The second-order valence-corrected chi connectivity index (χ2v) is 6.92. The van der Waals surface area contributed by atoms with E-state index < -0.39 is 0 Å². The van der Waals surface area contributed by atoms with Gasteiger partial charge in [-0.15, -0.1) is 0 Å². The molecular weight excluding hydrogens is 266 g/mol. The molecule has 1 aromatic heterocycles. The number of nitrogens with zero attached hydrogens (tertiary/aromatic N) is 1. The molecule has 0 aliphatic heterocycles. The minimum absolute atomic E-state index is 0.0981. The number of fused-ring (bicyclic) bond motifs is 1. The number of pyridine rings is 1. The maximum absolute atomic E-state index is 4.47. The maximum Gasteiger partial charge on any atom is 0.0704 e. The van der Waals surface area contributed by atoms with E-state index in [4.69, 9.17) is 0 Å². The highest BCUT2D eigenvalue weighted by Gasteiger charge is 2.22. The average Bonchev–Trinajstić information content (AvgIpc) is 2.46. The molecule has 0 aliphatic rings. The summed E-state index contributed by atoms with van der Waals surface area (Å²) >= 11 is 0. The van der Waals surface area contributed by atoms with Gasteiger partial charge in [-0.1, -0.05) is 61.4 Å². The molecule has 0 amide bonds. The third-order valence-electron chi connectivity index (χ3n) is 4.37. The zero-order chi connectivity index (χ0) is 15.7. The standard InChI is InChI=1S/C21H23N/c1-15-11-16(2)13-18(12-15)21(3,4)14-17-9-10-22-20-8-6-5-7-19(17)20/h5-13H,14H2,1-4H3. The highest BCUT2D eigenvalue weighted by molar-refractivity contribution is 5.82. The smallest absolute Gasteiger partial charge is 0.0704 e. The Labute approximate surface area is 133 Å². The first-order chi connectivity index (χ1) is 10.5. The monoisotopic (exact) mass is 289 g/mol. The van der Waals surface area contributed by atoms with Crippen LogP contribution in [0.5, 0.6) is 0 Å². The van der Waals surface area contributed by atoms with E-state index in [9.17, 15) is 0 Å².